The third-order valence-corrected chi connectivity index (χ3v) is 8.82. The lowest BCUT2D eigenvalue weighted by molar-refractivity contribution is 0.0254. The Hall–Kier alpha value is -3.76. The summed E-state index contributed by atoms with van der Waals surface area (Å²) >= 11 is 0. The maximum atomic E-state index is 13.1. The average molecular weight is 579 g/mol. The average Bonchev–Trinajstić information content (AvgIpc) is 2.99. The first-order valence-corrected chi connectivity index (χ1v) is 15.1. The highest BCUT2D eigenvalue weighted by Gasteiger charge is 2.26. The van der Waals surface area contributed by atoms with E-state index in [1.807, 2.05) is 13.1 Å². The van der Waals surface area contributed by atoms with Gasteiger partial charge in [0.1, 0.15) is 28.6 Å². The Kier molecular flexibility index (Phi) is 8.99. The second-order valence-corrected chi connectivity index (χ2v) is 11.9. The molecule has 11 nitrogen and oxygen atoms in total. The van der Waals surface area contributed by atoms with Gasteiger partial charge in [-0.3, -0.25) is 0 Å². The number of methoxy groups -OCH3 is 1. The molecule has 2 N–H and O–H groups in total. The standard InChI is InChI=1S/C29H34N6O5S/c1-35-13-8-22(9-14-35)34-41(36,37)28-6-4-23(18-27(28)38-2)32-29-31-12-7-25(33-29)20-3-5-26(21(17-20)19-30)40-24-10-15-39-16-11-24/h3-7,12,17-18,22,24,34H,8-11,13-16H2,1-2H3,(H,31,32,33). The Labute approximate surface area is 240 Å². The summed E-state index contributed by atoms with van der Waals surface area (Å²) in [6.07, 6.45) is 4.74. The molecule has 2 aliphatic heterocycles. The number of benzene rings is 2. The summed E-state index contributed by atoms with van der Waals surface area (Å²) in [5, 5.41) is 12.9. The first-order chi connectivity index (χ1) is 19.8. The van der Waals surface area contributed by atoms with Crippen LogP contribution in [0.4, 0.5) is 11.6 Å². The molecular weight excluding hydrogens is 544 g/mol. The normalized spacial score (nSPS) is 17.1. The van der Waals surface area contributed by atoms with Gasteiger partial charge in [0.15, 0.2) is 0 Å². The van der Waals surface area contributed by atoms with E-state index >= 15 is 0 Å². The summed E-state index contributed by atoms with van der Waals surface area (Å²) < 4.78 is 46.0. The molecule has 0 unspecified atom stereocenters. The first kappa shape index (κ1) is 28.8. The number of sulfonamides is 1. The molecule has 0 saturated carbocycles. The molecule has 0 radical (unpaired) electrons. The number of hydrogen-bond acceptors (Lipinski definition) is 10. The summed E-state index contributed by atoms with van der Waals surface area (Å²) in [5.41, 5.74) is 2.35. The number of nitriles is 1. The van der Waals surface area contributed by atoms with Gasteiger partial charge in [0.05, 0.1) is 31.6 Å². The lowest BCUT2D eigenvalue weighted by atomic mass is 10.1. The van der Waals surface area contributed by atoms with Gasteiger partial charge in [-0.1, -0.05) is 0 Å². The minimum absolute atomic E-state index is 0.0278. The number of rotatable bonds is 9. The van der Waals surface area contributed by atoms with E-state index in [2.05, 4.69) is 31.0 Å². The zero-order valence-electron chi connectivity index (χ0n) is 23.2. The number of aromatic nitrogens is 2. The van der Waals surface area contributed by atoms with Crippen molar-refractivity contribution < 1.29 is 22.6 Å². The van der Waals surface area contributed by atoms with E-state index in [0.29, 0.717) is 41.9 Å². The van der Waals surface area contributed by atoms with Crippen LogP contribution in [0.25, 0.3) is 11.3 Å². The first-order valence-electron chi connectivity index (χ1n) is 13.6. The maximum absolute atomic E-state index is 13.1. The van der Waals surface area contributed by atoms with Crippen molar-refractivity contribution in [1.29, 1.82) is 5.26 Å². The summed E-state index contributed by atoms with van der Waals surface area (Å²) in [7, 11) is -0.300. The monoisotopic (exact) mass is 578 g/mol. The van der Waals surface area contributed by atoms with Crippen LogP contribution in [-0.4, -0.2) is 75.9 Å². The van der Waals surface area contributed by atoms with Crippen LogP contribution in [0, 0.1) is 11.3 Å². The van der Waals surface area contributed by atoms with Crippen molar-refractivity contribution in [3.63, 3.8) is 0 Å². The fraction of sp³-hybridized carbons (Fsp3) is 0.414. The molecule has 41 heavy (non-hydrogen) atoms. The predicted octanol–water partition coefficient (Wildman–Crippen LogP) is 3.70. The molecule has 3 heterocycles. The topological polar surface area (TPSA) is 139 Å². The van der Waals surface area contributed by atoms with Crippen molar-refractivity contribution in [1.82, 2.24) is 19.6 Å². The van der Waals surface area contributed by atoms with Crippen LogP contribution >= 0.6 is 0 Å². The van der Waals surface area contributed by atoms with E-state index < -0.39 is 10.0 Å². The van der Waals surface area contributed by atoms with Crippen LogP contribution in [0.5, 0.6) is 11.5 Å². The summed E-state index contributed by atoms with van der Waals surface area (Å²) in [6, 6.07) is 14.0. The van der Waals surface area contributed by atoms with Gasteiger partial charge < -0.3 is 24.4 Å². The van der Waals surface area contributed by atoms with Crippen LogP contribution in [0.2, 0.25) is 0 Å². The third-order valence-electron chi connectivity index (χ3n) is 7.26. The van der Waals surface area contributed by atoms with Crippen LogP contribution in [0.15, 0.2) is 53.6 Å². The molecule has 3 aromatic rings. The van der Waals surface area contributed by atoms with E-state index in [1.165, 1.54) is 13.2 Å². The second kappa shape index (κ2) is 12.8. The fourth-order valence-corrected chi connectivity index (χ4v) is 6.39. The van der Waals surface area contributed by atoms with E-state index in [0.717, 1.165) is 44.3 Å². The highest BCUT2D eigenvalue weighted by molar-refractivity contribution is 7.89. The molecule has 2 saturated heterocycles. The molecule has 0 amide bonds. The molecule has 0 atom stereocenters. The largest absolute Gasteiger partial charge is 0.495 e. The molecule has 0 spiro atoms. The number of hydrogen-bond donors (Lipinski definition) is 2. The van der Waals surface area contributed by atoms with E-state index in [1.54, 1.807) is 36.5 Å². The van der Waals surface area contributed by atoms with Crippen LogP contribution < -0.4 is 19.5 Å². The zero-order valence-corrected chi connectivity index (χ0v) is 24.0. The van der Waals surface area contributed by atoms with Gasteiger partial charge in [0.25, 0.3) is 0 Å². The van der Waals surface area contributed by atoms with Crippen molar-refractivity contribution in [2.24, 2.45) is 0 Å². The minimum atomic E-state index is -3.77. The summed E-state index contributed by atoms with van der Waals surface area (Å²) in [6.45, 7) is 3.00. The number of likely N-dealkylation sites (tertiary alicyclic amines) is 1. The number of piperidine rings is 1. The smallest absolute Gasteiger partial charge is 0.244 e. The second-order valence-electron chi connectivity index (χ2n) is 10.2. The number of ether oxygens (including phenoxy) is 3. The Bertz CT molecular complexity index is 1510. The SMILES string of the molecule is COc1cc(Nc2nccc(-c3ccc(OC4CCOCC4)c(C#N)c3)n2)ccc1S(=O)(=O)NC1CCN(C)CC1. The minimum Gasteiger partial charge on any atom is -0.495 e. The molecule has 12 heteroatoms. The van der Waals surface area contributed by atoms with E-state index in [-0.39, 0.29) is 22.8 Å². The van der Waals surface area contributed by atoms with E-state index in [4.69, 9.17) is 14.2 Å². The summed E-state index contributed by atoms with van der Waals surface area (Å²) in [4.78, 5) is 11.2. The number of nitrogens with zero attached hydrogens (tertiary/aromatic N) is 4. The van der Waals surface area contributed by atoms with Crippen molar-refractivity contribution in [2.45, 2.75) is 42.7 Å². The van der Waals surface area contributed by atoms with Crippen LogP contribution in [-0.2, 0) is 14.8 Å². The van der Waals surface area contributed by atoms with Crippen molar-refractivity contribution in [3.8, 4) is 28.8 Å². The highest BCUT2D eigenvalue weighted by Crippen LogP contribution is 2.31. The number of nitrogens with one attached hydrogen (secondary N) is 2. The quantitative estimate of drug-likeness (QED) is 0.386. The summed E-state index contributed by atoms with van der Waals surface area (Å²) in [5.74, 6) is 1.07. The molecule has 216 valence electrons. The molecule has 1 aromatic heterocycles. The molecule has 2 fully saturated rings. The molecular formula is C29H34N6O5S. The van der Waals surface area contributed by atoms with Gasteiger partial charge in [0, 0.05) is 42.4 Å². The van der Waals surface area contributed by atoms with Crippen LogP contribution in [0.1, 0.15) is 31.2 Å². The van der Waals surface area contributed by atoms with Crippen molar-refractivity contribution in [2.75, 3.05) is 45.8 Å². The van der Waals surface area contributed by atoms with Gasteiger partial charge >= 0.3 is 0 Å². The Balaban J connectivity index is 1.31. The Morgan fingerprint density at radius 3 is 2.56 bits per heavy atom. The van der Waals surface area contributed by atoms with Crippen LogP contribution in [0.3, 0.4) is 0 Å². The lowest BCUT2D eigenvalue weighted by Gasteiger charge is -2.29. The van der Waals surface area contributed by atoms with Gasteiger partial charge in [-0.2, -0.15) is 5.26 Å². The molecule has 2 aromatic carbocycles. The zero-order chi connectivity index (χ0) is 28.8. The fourth-order valence-electron chi connectivity index (χ4n) is 4.94. The van der Waals surface area contributed by atoms with Gasteiger partial charge in [-0.25, -0.2) is 23.1 Å². The highest BCUT2D eigenvalue weighted by atomic mass is 32.2. The Morgan fingerprint density at radius 2 is 1.83 bits per heavy atom. The van der Waals surface area contributed by atoms with E-state index in [9.17, 15) is 13.7 Å². The van der Waals surface area contributed by atoms with Gasteiger partial charge in [-0.05, 0) is 69.4 Å². The lowest BCUT2D eigenvalue weighted by Crippen LogP contribution is -2.43. The molecule has 0 bridgehead atoms. The van der Waals surface area contributed by atoms with Crippen molar-refractivity contribution in [3.05, 3.63) is 54.2 Å². The third kappa shape index (κ3) is 7.12. The molecule has 0 aliphatic carbocycles. The molecule has 5 rings (SSSR count). The van der Waals surface area contributed by atoms with Crippen molar-refractivity contribution >= 4 is 21.7 Å². The Morgan fingerprint density at radius 1 is 1.05 bits per heavy atom. The van der Waals surface area contributed by atoms with Gasteiger partial charge in [-0.15, -0.1) is 0 Å². The molecule has 2 aliphatic rings. The predicted molar refractivity (Wildman–Crippen MR) is 154 cm³/mol. The number of anilines is 2. The maximum Gasteiger partial charge on any atom is 0.244 e. The van der Waals surface area contributed by atoms with Gasteiger partial charge in [0.2, 0.25) is 16.0 Å².